The van der Waals surface area contributed by atoms with E-state index in [4.69, 9.17) is 5.11 Å². The van der Waals surface area contributed by atoms with Crippen molar-refractivity contribution in [3.05, 3.63) is 58.4 Å². The third-order valence-corrected chi connectivity index (χ3v) is 4.75. The molecule has 9 nitrogen and oxygen atoms in total. The Labute approximate surface area is 154 Å². The number of pyridine rings is 1. The van der Waals surface area contributed by atoms with Crippen molar-refractivity contribution in [1.29, 1.82) is 0 Å². The first-order chi connectivity index (χ1) is 13.0. The van der Waals surface area contributed by atoms with Crippen LogP contribution in [0.15, 0.2) is 42.6 Å². The summed E-state index contributed by atoms with van der Waals surface area (Å²) in [4.78, 5) is 32.8. The first kappa shape index (κ1) is 16.8. The molecule has 138 valence electrons. The number of carboxylic acids is 1. The van der Waals surface area contributed by atoms with Gasteiger partial charge in [-0.3, -0.25) is 10.1 Å². The smallest absolute Gasteiger partial charge is 0.352 e. The van der Waals surface area contributed by atoms with Gasteiger partial charge in [-0.25, -0.2) is 9.78 Å². The van der Waals surface area contributed by atoms with Gasteiger partial charge in [-0.05, 0) is 30.3 Å². The molecule has 4 rings (SSSR count). The van der Waals surface area contributed by atoms with E-state index in [1.165, 1.54) is 12.3 Å². The number of nitrogens with one attached hydrogen (secondary N) is 1. The number of rotatable bonds is 4. The first-order valence-electron chi connectivity index (χ1n) is 8.48. The molecule has 1 aliphatic heterocycles. The van der Waals surface area contributed by atoms with Gasteiger partial charge in [0.15, 0.2) is 0 Å². The van der Waals surface area contributed by atoms with Crippen LogP contribution in [0.3, 0.4) is 0 Å². The summed E-state index contributed by atoms with van der Waals surface area (Å²) in [7, 11) is 0. The lowest BCUT2D eigenvalue weighted by Crippen LogP contribution is -2.46. The number of benzene rings is 1. The number of carboxylic acid groups (broad SMARTS) is 1. The van der Waals surface area contributed by atoms with Crippen molar-refractivity contribution >= 4 is 34.1 Å². The van der Waals surface area contributed by atoms with E-state index in [1.54, 1.807) is 12.1 Å². The summed E-state index contributed by atoms with van der Waals surface area (Å²) in [6.45, 7) is 3.05. The topological polar surface area (TPSA) is 116 Å². The third kappa shape index (κ3) is 3.26. The molecule has 9 heteroatoms. The minimum absolute atomic E-state index is 0.0158. The molecular weight excluding hydrogens is 350 g/mol. The number of nitrogens with zero attached hydrogens (tertiary/aromatic N) is 4. The van der Waals surface area contributed by atoms with Crippen molar-refractivity contribution in [1.82, 2.24) is 9.97 Å². The lowest BCUT2D eigenvalue weighted by Gasteiger charge is -2.36. The van der Waals surface area contributed by atoms with Crippen molar-refractivity contribution in [2.75, 3.05) is 36.0 Å². The number of hydrogen-bond donors (Lipinski definition) is 2. The van der Waals surface area contributed by atoms with Crippen LogP contribution in [0.2, 0.25) is 0 Å². The predicted octanol–water partition coefficient (Wildman–Crippen LogP) is 2.50. The van der Waals surface area contributed by atoms with Crippen molar-refractivity contribution < 1.29 is 14.8 Å². The minimum Gasteiger partial charge on any atom is -0.477 e. The average Bonchev–Trinajstić information content (AvgIpc) is 3.12. The van der Waals surface area contributed by atoms with Gasteiger partial charge < -0.3 is 19.9 Å². The molecule has 1 saturated heterocycles. The zero-order valence-corrected chi connectivity index (χ0v) is 14.3. The summed E-state index contributed by atoms with van der Waals surface area (Å²) >= 11 is 0. The van der Waals surface area contributed by atoms with Crippen LogP contribution < -0.4 is 9.80 Å². The van der Waals surface area contributed by atoms with E-state index in [-0.39, 0.29) is 11.4 Å². The Bertz CT molecular complexity index is 1010. The monoisotopic (exact) mass is 367 g/mol. The predicted molar refractivity (Wildman–Crippen MR) is 101 cm³/mol. The van der Waals surface area contributed by atoms with Crippen LogP contribution >= 0.6 is 0 Å². The van der Waals surface area contributed by atoms with Crippen LogP contribution in [0, 0.1) is 10.1 Å². The second-order valence-electron chi connectivity index (χ2n) is 6.37. The van der Waals surface area contributed by atoms with E-state index >= 15 is 0 Å². The van der Waals surface area contributed by atoms with E-state index in [9.17, 15) is 14.9 Å². The number of aromatic nitrogens is 2. The van der Waals surface area contributed by atoms with Crippen LogP contribution in [-0.4, -0.2) is 52.1 Å². The molecule has 1 fully saturated rings. The molecule has 0 radical (unpaired) electrons. The molecule has 2 aromatic heterocycles. The summed E-state index contributed by atoms with van der Waals surface area (Å²) < 4.78 is 0. The number of piperazine rings is 1. The van der Waals surface area contributed by atoms with Gasteiger partial charge in [0.2, 0.25) is 0 Å². The highest BCUT2D eigenvalue weighted by molar-refractivity contribution is 5.94. The van der Waals surface area contributed by atoms with Gasteiger partial charge in [0.05, 0.1) is 4.92 Å². The Morgan fingerprint density at radius 2 is 1.85 bits per heavy atom. The summed E-state index contributed by atoms with van der Waals surface area (Å²) in [5.41, 5.74) is 1.99. The number of carbonyl (C=O) groups is 1. The summed E-state index contributed by atoms with van der Waals surface area (Å²) in [6.07, 6.45) is 1.28. The van der Waals surface area contributed by atoms with Crippen LogP contribution in [0.25, 0.3) is 10.9 Å². The largest absolute Gasteiger partial charge is 0.477 e. The van der Waals surface area contributed by atoms with Crippen molar-refractivity contribution in [3.63, 3.8) is 0 Å². The molecule has 3 heterocycles. The maximum Gasteiger partial charge on any atom is 0.352 e. The molecule has 1 aliphatic rings. The quantitative estimate of drug-likeness (QED) is 0.537. The van der Waals surface area contributed by atoms with E-state index in [0.717, 1.165) is 48.6 Å². The standard InChI is InChI=1S/C18H17N5O4/c24-18(25)16-10-12-9-13(1-3-15(12)20-16)21-5-7-22(8-6-21)17-4-2-14(11-19-17)23(26)27/h1-4,9-11,20H,5-8H2,(H,24,25). The number of aromatic carboxylic acids is 1. The van der Waals surface area contributed by atoms with Gasteiger partial charge in [0, 0.05) is 48.8 Å². The molecule has 0 unspecified atom stereocenters. The average molecular weight is 367 g/mol. The zero-order chi connectivity index (χ0) is 19.0. The third-order valence-electron chi connectivity index (χ3n) is 4.75. The summed E-state index contributed by atoms with van der Waals surface area (Å²) in [5.74, 6) is -0.246. The Balaban J connectivity index is 1.46. The Hall–Kier alpha value is -3.62. The van der Waals surface area contributed by atoms with Gasteiger partial charge in [-0.15, -0.1) is 0 Å². The number of fused-ring (bicyclic) bond motifs is 1. The van der Waals surface area contributed by atoms with Crippen LogP contribution in [-0.2, 0) is 0 Å². The lowest BCUT2D eigenvalue weighted by molar-refractivity contribution is -0.385. The van der Waals surface area contributed by atoms with E-state index in [1.807, 2.05) is 18.2 Å². The summed E-state index contributed by atoms with van der Waals surface area (Å²) in [6, 6.07) is 10.6. The van der Waals surface area contributed by atoms with Gasteiger partial charge in [-0.2, -0.15) is 0 Å². The van der Waals surface area contributed by atoms with Crippen molar-refractivity contribution in [2.24, 2.45) is 0 Å². The van der Waals surface area contributed by atoms with Gasteiger partial charge in [0.25, 0.3) is 5.69 Å². The van der Waals surface area contributed by atoms with Gasteiger partial charge in [0.1, 0.15) is 17.7 Å². The maximum atomic E-state index is 11.1. The number of aromatic amines is 1. The van der Waals surface area contributed by atoms with E-state index in [0.29, 0.717) is 0 Å². The molecule has 2 N–H and O–H groups in total. The molecule has 3 aromatic rings. The molecule has 1 aromatic carbocycles. The number of nitro groups is 1. The molecule has 0 amide bonds. The SMILES string of the molecule is O=C(O)c1cc2cc(N3CCN(c4ccc([N+](=O)[O-])cn4)CC3)ccc2[nH]1. The highest BCUT2D eigenvalue weighted by Crippen LogP contribution is 2.25. The minimum atomic E-state index is -0.975. The Morgan fingerprint density at radius 1 is 1.11 bits per heavy atom. The molecule has 0 spiro atoms. The van der Waals surface area contributed by atoms with Gasteiger partial charge >= 0.3 is 5.97 Å². The Morgan fingerprint density at radius 3 is 2.48 bits per heavy atom. The second kappa shape index (κ2) is 6.60. The first-order valence-corrected chi connectivity index (χ1v) is 8.48. The lowest BCUT2D eigenvalue weighted by atomic mass is 10.2. The number of hydrogen-bond acceptors (Lipinski definition) is 6. The number of anilines is 2. The molecule has 0 bridgehead atoms. The molecule has 0 saturated carbocycles. The fourth-order valence-electron chi connectivity index (χ4n) is 3.30. The van der Waals surface area contributed by atoms with E-state index in [2.05, 4.69) is 19.8 Å². The fraction of sp³-hybridized carbons (Fsp3) is 0.222. The normalized spacial score (nSPS) is 14.5. The van der Waals surface area contributed by atoms with Crippen molar-refractivity contribution in [3.8, 4) is 0 Å². The highest BCUT2D eigenvalue weighted by Gasteiger charge is 2.19. The molecule has 0 aliphatic carbocycles. The summed E-state index contributed by atoms with van der Waals surface area (Å²) in [5, 5.41) is 20.7. The van der Waals surface area contributed by atoms with Gasteiger partial charge in [-0.1, -0.05) is 0 Å². The van der Waals surface area contributed by atoms with Crippen LogP contribution in [0.1, 0.15) is 10.5 Å². The molecule has 0 atom stereocenters. The Kier molecular flexibility index (Phi) is 4.11. The number of H-pyrrole nitrogens is 1. The van der Waals surface area contributed by atoms with Crippen LogP contribution in [0.5, 0.6) is 0 Å². The maximum absolute atomic E-state index is 11.1. The van der Waals surface area contributed by atoms with E-state index < -0.39 is 10.9 Å². The van der Waals surface area contributed by atoms with Crippen LogP contribution in [0.4, 0.5) is 17.2 Å². The molecular formula is C18H17N5O4. The highest BCUT2D eigenvalue weighted by atomic mass is 16.6. The second-order valence-corrected chi connectivity index (χ2v) is 6.37. The zero-order valence-electron chi connectivity index (χ0n) is 14.3. The van der Waals surface area contributed by atoms with Crippen molar-refractivity contribution in [2.45, 2.75) is 0 Å². The fourth-order valence-corrected chi connectivity index (χ4v) is 3.30. The molecule has 27 heavy (non-hydrogen) atoms.